The summed E-state index contributed by atoms with van der Waals surface area (Å²) in [7, 11) is 3.78. The highest BCUT2D eigenvalue weighted by Gasteiger charge is 2.23. The van der Waals surface area contributed by atoms with Crippen molar-refractivity contribution < 1.29 is 4.79 Å². The molecule has 4 nitrogen and oxygen atoms in total. The first-order valence-corrected chi connectivity index (χ1v) is 4.32. The molecule has 0 atom stereocenters. The van der Waals surface area contributed by atoms with Crippen molar-refractivity contribution in [3.63, 3.8) is 0 Å². The van der Waals surface area contributed by atoms with Gasteiger partial charge in [0.05, 0.1) is 17.5 Å². The molecule has 0 spiro atoms. The summed E-state index contributed by atoms with van der Waals surface area (Å²) in [5.74, 6) is -0.0679. The van der Waals surface area contributed by atoms with E-state index >= 15 is 0 Å². The summed E-state index contributed by atoms with van der Waals surface area (Å²) < 4.78 is 0. The van der Waals surface area contributed by atoms with Gasteiger partial charge >= 0.3 is 0 Å². The van der Waals surface area contributed by atoms with Crippen LogP contribution >= 0.6 is 0 Å². The van der Waals surface area contributed by atoms with Gasteiger partial charge in [0, 0.05) is 32.1 Å². The summed E-state index contributed by atoms with van der Waals surface area (Å²) in [5.41, 5.74) is 2.39. The van der Waals surface area contributed by atoms with Crippen LogP contribution in [0.3, 0.4) is 0 Å². The van der Waals surface area contributed by atoms with Crippen LogP contribution in [0.2, 0.25) is 0 Å². The Morgan fingerprint density at radius 2 is 2.29 bits per heavy atom. The number of anilines is 1. The summed E-state index contributed by atoms with van der Waals surface area (Å²) in [6.45, 7) is 0. The van der Waals surface area contributed by atoms with Crippen molar-refractivity contribution in [2.75, 3.05) is 19.4 Å². The van der Waals surface area contributed by atoms with Gasteiger partial charge in [0.2, 0.25) is 0 Å². The molecule has 0 saturated carbocycles. The van der Waals surface area contributed by atoms with E-state index in [0.717, 1.165) is 11.3 Å². The molecule has 1 aliphatic rings. The van der Waals surface area contributed by atoms with Gasteiger partial charge in [-0.3, -0.25) is 9.78 Å². The lowest BCUT2D eigenvalue weighted by atomic mass is 10.1. The molecule has 1 amide bonds. The number of rotatable bonds is 1. The second kappa shape index (κ2) is 3.14. The molecule has 0 aliphatic carbocycles. The number of hydrogen-bond acceptors (Lipinski definition) is 3. The Morgan fingerprint density at radius 1 is 1.50 bits per heavy atom. The standard InChI is InChI=1S/C10H11N3O/c1-13(2)6-8-7-3-4-11-5-9(7)12-10(8)14/h3-6H,1-2H3,(H,12,14). The molecule has 0 bridgehead atoms. The zero-order valence-electron chi connectivity index (χ0n) is 8.11. The Kier molecular flexibility index (Phi) is 1.96. The third-order valence-electron chi connectivity index (χ3n) is 1.99. The third-order valence-corrected chi connectivity index (χ3v) is 1.99. The third kappa shape index (κ3) is 1.35. The molecule has 14 heavy (non-hydrogen) atoms. The largest absolute Gasteiger partial charge is 0.383 e. The molecule has 1 aliphatic heterocycles. The zero-order chi connectivity index (χ0) is 10.1. The zero-order valence-corrected chi connectivity index (χ0v) is 8.11. The van der Waals surface area contributed by atoms with Gasteiger partial charge in [0.15, 0.2) is 0 Å². The van der Waals surface area contributed by atoms with E-state index in [1.54, 1.807) is 18.6 Å². The number of fused-ring (bicyclic) bond motifs is 1. The first-order chi connectivity index (χ1) is 6.68. The van der Waals surface area contributed by atoms with E-state index in [1.807, 2.05) is 25.1 Å². The van der Waals surface area contributed by atoms with Crippen molar-refractivity contribution in [2.24, 2.45) is 0 Å². The van der Waals surface area contributed by atoms with Crippen LogP contribution in [0.1, 0.15) is 5.56 Å². The number of nitrogens with one attached hydrogen (secondary N) is 1. The fraction of sp³-hybridized carbons (Fsp3) is 0.200. The topological polar surface area (TPSA) is 45.2 Å². The number of carbonyl (C=O) groups is 1. The number of pyridine rings is 1. The van der Waals surface area contributed by atoms with E-state index in [0.29, 0.717) is 5.57 Å². The van der Waals surface area contributed by atoms with Crippen molar-refractivity contribution in [2.45, 2.75) is 0 Å². The van der Waals surface area contributed by atoms with Crippen LogP contribution in [0.15, 0.2) is 24.7 Å². The van der Waals surface area contributed by atoms with Crippen LogP contribution in [-0.4, -0.2) is 29.9 Å². The first-order valence-electron chi connectivity index (χ1n) is 4.32. The predicted molar refractivity (Wildman–Crippen MR) is 54.5 cm³/mol. The maximum atomic E-state index is 11.5. The van der Waals surface area contributed by atoms with Crippen molar-refractivity contribution in [3.05, 3.63) is 30.2 Å². The highest BCUT2D eigenvalue weighted by molar-refractivity contribution is 6.31. The minimum Gasteiger partial charge on any atom is -0.383 e. The molecule has 2 heterocycles. The average molecular weight is 189 g/mol. The normalized spacial score (nSPS) is 16.7. The summed E-state index contributed by atoms with van der Waals surface area (Å²) >= 11 is 0. The number of aromatic nitrogens is 1. The Balaban J connectivity index is 2.50. The summed E-state index contributed by atoms with van der Waals surface area (Å²) in [6, 6.07) is 1.84. The van der Waals surface area contributed by atoms with E-state index < -0.39 is 0 Å². The quantitative estimate of drug-likeness (QED) is 0.668. The molecule has 2 rings (SSSR count). The second-order valence-electron chi connectivity index (χ2n) is 3.38. The minimum atomic E-state index is -0.0679. The van der Waals surface area contributed by atoms with Crippen LogP contribution < -0.4 is 5.32 Å². The van der Waals surface area contributed by atoms with Crippen LogP contribution in [-0.2, 0) is 4.79 Å². The van der Waals surface area contributed by atoms with Gasteiger partial charge in [-0.2, -0.15) is 0 Å². The fourth-order valence-electron chi connectivity index (χ4n) is 1.43. The lowest BCUT2D eigenvalue weighted by molar-refractivity contribution is -0.110. The average Bonchev–Trinajstić information content (AvgIpc) is 2.43. The van der Waals surface area contributed by atoms with E-state index in [9.17, 15) is 4.79 Å². The van der Waals surface area contributed by atoms with Crippen molar-refractivity contribution >= 4 is 17.2 Å². The molecule has 0 fully saturated rings. The van der Waals surface area contributed by atoms with Crippen LogP contribution in [0.4, 0.5) is 5.69 Å². The van der Waals surface area contributed by atoms with E-state index in [1.165, 1.54) is 0 Å². The molecule has 1 N–H and O–H groups in total. The second-order valence-corrected chi connectivity index (χ2v) is 3.38. The molecule has 72 valence electrons. The number of amides is 1. The van der Waals surface area contributed by atoms with Crippen molar-refractivity contribution in [3.8, 4) is 0 Å². The Morgan fingerprint density at radius 3 is 3.00 bits per heavy atom. The molecular weight excluding hydrogens is 178 g/mol. The van der Waals surface area contributed by atoms with E-state index in [-0.39, 0.29) is 5.91 Å². The molecule has 0 saturated heterocycles. The minimum absolute atomic E-state index is 0.0679. The SMILES string of the molecule is CN(C)C=C1C(=O)Nc2cnccc21. The van der Waals surface area contributed by atoms with Crippen molar-refractivity contribution in [1.82, 2.24) is 9.88 Å². The molecule has 1 aromatic heterocycles. The lowest BCUT2D eigenvalue weighted by Gasteiger charge is -2.05. The molecule has 4 heteroatoms. The van der Waals surface area contributed by atoms with E-state index in [4.69, 9.17) is 0 Å². The maximum absolute atomic E-state index is 11.5. The Bertz CT molecular complexity index is 410. The summed E-state index contributed by atoms with van der Waals surface area (Å²) in [4.78, 5) is 17.3. The molecule has 0 unspecified atom stereocenters. The number of hydrogen-bond donors (Lipinski definition) is 1. The van der Waals surface area contributed by atoms with Gasteiger partial charge in [-0.25, -0.2) is 0 Å². The van der Waals surface area contributed by atoms with Gasteiger partial charge in [-0.1, -0.05) is 0 Å². The van der Waals surface area contributed by atoms with E-state index in [2.05, 4.69) is 10.3 Å². The lowest BCUT2D eigenvalue weighted by Crippen LogP contribution is -2.08. The van der Waals surface area contributed by atoms with Gasteiger partial charge < -0.3 is 10.2 Å². The predicted octanol–water partition coefficient (Wildman–Crippen LogP) is 0.936. The van der Waals surface area contributed by atoms with Crippen molar-refractivity contribution in [1.29, 1.82) is 0 Å². The Labute approximate surface area is 82.3 Å². The smallest absolute Gasteiger partial charge is 0.257 e. The van der Waals surface area contributed by atoms with Crippen LogP contribution in [0.25, 0.3) is 5.57 Å². The fourth-order valence-corrected chi connectivity index (χ4v) is 1.43. The number of carbonyl (C=O) groups excluding carboxylic acids is 1. The monoisotopic (exact) mass is 189 g/mol. The number of nitrogens with zero attached hydrogens (tertiary/aromatic N) is 2. The Hall–Kier alpha value is -1.84. The van der Waals surface area contributed by atoms with Gasteiger partial charge in [-0.15, -0.1) is 0 Å². The first kappa shape index (κ1) is 8.74. The van der Waals surface area contributed by atoms with Crippen LogP contribution in [0, 0.1) is 0 Å². The van der Waals surface area contributed by atoms with Gasteiger partial charge in [0.25, 0.3) is 5.91 Å². The molecule has 1 aromatic rings. The summed E-state index contributed by atoms with van der Waals surface area (Å²) in [6.07, 6.45) is 5.15. The van der Waals surface area contributed by atoms with Crippen LogP contribution in [0.5, 0.6) is 0 Å². The molecular formula is C10H11N3O. The molecule has 0 radical (unpaired) electrons. The highest BCUT2D eigenvalue weighted by Crippen LogP contribution is 2.30. The summed E-state index contributed by atoms with van der Waals surface area (Å²) in [5, 5.41) is 2.76. The molecule has 0 aromatic carbocycles. The highest BCUT2D eigenvalue weighted by atomic mass is 16.2. The maximum Gasteiger partial charge on any atom is 0.257 e. The van der Waals surface area contributed by atoms with Gasteiger partial charge in [0.1, 0.15) is 0 Å². The van der Waals surface area contributed by atoms with Gasteiger partial charge in [-0.05, 0) is 6.07 Å².